The van der Waals surface area contributed by atoms with Gasteiger partial charge in [0, 0.05) is 30.1 Å². The lowest BCUT2D eigenvalue weighted by Crippen LogP contribution is -2.25. The number of nitrogens with one attached hydrogen (secondary N) is 2. The van der Waals surface area contributed by atoms with Crippen molar-refractivity contribution >= 4 is 22.1 Å². The highest BCUT2D eigenvalue weighted by Gasteiger charge is 2.18. The predicted molar refractivity (Wildman–Crippen MR) is 147 cm³/mol. The van der Waals surface area contributed by atoms with Crippen LogP contribution in [0.3, 0.4) is 0 Å². The molecule has 10 heteroatoms. The monoisotopic (exact) mass is 520 g/mol. The van der Waals surface area contributed by atoms with Crippen molar-refractivity contribution in [2.24, 2.45) is 0 Å². The molecule has 6 aromatic rings. The van der Waals surface area contributed by atoms with Crippen LogP contribution in [0, 0.1) is 5.82 Å². The van der Waals surface area contributed by atoms with Crippen LogP contribution >= 0.6 is 0 Å². The zero-order chi connectivity index (χ0) is 26.2. The number of aromatic amines is 2. The Labute approximate surface area is 223 Å². The quantitative estimate of drug-likeness (QED) is 0.296. The average Bonchev–Trinajstić information content (AvgIpc) is 3.73. The molecule has 9 nitrogen and oxygen atoms in total. The third kappa shape index (κ3) is 4.59. The number of nitrogens with zero attached hydrogens (tertiary/aromatic N) is 6. The lowest BCUT2D eigenvalue weighted by atomic mass is 10.1. The van der Waals surface area contributed by atoms with Gasteiger partial charge in [0.25, 0.3) is 0 Å². The molecule has 0 unspecified atom stereocenters. The molecule has 1 aliphatic heterocycles. The van der Waals surface area contributed by atoms with Crippen LogP contribution in [0.25, 0.3) is 56.1 Å². The number of halogens is 1. The Hall–Kier alpha value is -4.70. The van der Waals surface area contributed by atoms with Crippen LogP contribution in [0.5, 0.6) is 5.75 Å². The van der Waals surface area contributed by atoms with Gasteiger partial charge in [0.2, 0.25) is 0 Å². The van der Waals surface area contributed by atoms with E-state index in [9.17, 15) is 4.39 Å². The molecule has 7 rings (SSSR count). The summed E-state index contributed by atoms with van der Waals surface area (Å²) in [4.78, 5) is 24.4. The lowest BCUT2D eigenvalue weighted by Gasteiger charge is -2.15. The molecule has 194 valence electrons. The minimum Gasteiger partial charge on any atom is -0.491 e. The van der Waals surface area contributed by atoms with Crippen LogP contribution in [0.1, 0.15) is 12.8 Å². The van der Waals surface area contributed by atoms with Gasteiger partial charge < -0.3 is 9.72 Å². The van der Waals surface area contributed by atoms with Crippen molar-refractivity contribution in [3.63, 3.8) is 0 Å². The van der Waals surface area contributed by atoms with E-state index in [1.54, 1.807) is 30.7 Å². The number of likely N-dealkylation sites (tertiary alicyclic amines) is 1. The largest absolute Gasteiger partial charge is 0.491 e. The second-order valence-electron chi connectivity index (χ2n) is 9.62. The molecule has 0 saturated carbocycles. The molecule has 0 amide bonds. The maximum atomic E-state index is 13.5. The van der Waals surface area contributed by atoms with E-state index in [2.05, 4.69) is 30.0 Å². The van der Waals surface area contributed by atoms with Gasteiger partial charge in [0.15, 0.2) is 11.5 Å². The van der Waals surface area contributed by atoms with Gasteiger partial charge in [0.1, 0.15) is 29.2 Å². The van der Waals surface area contributed by atoms with Crippen LogP contribution in [-0.4, -0.2) is 66.3 Å². The van der Waals surface area contributed by atoms with Crippen LogP contribution in [-0.2, 0) is 0 Å². The van der Waals surface area contributed by atoms with Crippen molar-refractivity contribution in [2.75, 3.05) is 26.2 Å². The van der Waals surface area contributed by atoms with E-state index in [0.29, 0.717) is 34.9 Å². The topological polar surface area (TPSA) is 108 Å². The highest BCUT2D eigenvalue weighted by atomic mass is 19.1. The summed E-state index contributed by atoms with van der Waals surface area (Å²) in [5.74, 6) is 0.987. The number of hydrogen-bond donors (Lipinski definition) is 2. The van der Waals surface area contributed by atoms with E-state index < -0.39 is 0 Å². The Morgan fingerprint density at radius 1 is 0.872 bits per heavy atom. The molecule has 0 bridgehead atoms. The number of aromatic nitrogens is 7. The SMILES string of the molecule is Fc1ccc(-c2nccc3[nH]c(-c4n[nH]c5ccc(-c6cncc(OCCN7CCCC7)c6)nc45)nc23)cc1. The highest BCUT2D eigenvalue weighted by molar-refractivity contribution is 5.95. The van der Waals surface area contributed by atoms with Crippen molar-refractivity contribution < 1.29 is 9.13 Å². The number of hydrogen-bond acceptors (Lipinski definition) is 7. The highest BCUT2D eigenvalue weighted by Crippen LogP contribution is 2.31. The maximum absolute atomic E-state index is 13.5. The van der Waals surface area contributed by atoms with Crippen LogP contribution in [0.15, 0.2) is 67.1 Å². The Balaban J connectivity index is 1.20. The first kappa shape index (κ1) is 23.4. The van der Waals surface area contributed by atoms with E-state index in [-0.39, 0.29) is 5.82 Å². The van der Waals surface area contributed by atoms with Crippen molar-refractivity contribution in [2.45, 2.75) is 12.8 Å². The van der Waals surface area contributed by atoms with E-state index in [0.717, 1.165) is 53.2 Å². The van der Waals surface area contributed by atoms with Crippen molar-refractivity contribution in [3.8, 4) is 39.8 Å². The zero-order valence-electron chi connectivity index (χ0n) is 21.1. The molecule has 0 spiro atoms. The second-order valence-corrected chi connectivity index (χ2v) is 9.62. The number of imidazole rings is 1. The first-order valence-electron chi connectivity index (χ1n) is 13.0. The summed E-state index contributed by atoms with van der Waals surface area (Å²) in [6.07, 6.45) is 7.75. The summed E-state index contributed by atoms with van der Waals surface area (Å²) in [6.45, 7) is 3.84. The van der Waals surface area contributed by atoms with Crippen LogP contribution < -0.4 is 4.74 Å². The van der Waals surface area contributed by atoms with E-state index in [1.165, 1.54) is 25.0 Å². The van der Waals surface area contributed by atoms with Crippen molar-refractivity contribution in [1.29, 1.82) is 0 Å². The molecule has 39 heavy (non-hydrogen) atoms. The fourth-order valence-electron chi connectivity index (χ4n) is 5.03. The molecule has 0 aliphatic carbocycles. The number of rotatable bonds is 7. The van der Waals surface area contributed by atoms with Gasteiger partial charge in [-0.1, -0.05) is 0 Å². The average molecular weight is 521 g/mol. The minimum atomic E-state index is -0.298. The van der Waals surface area contributed by atoms with Gasteiger partial charge in [-0.3, -0.25) is 20.0 Å². The molecule has 5 aromatic heterocycles. The number of pyridine rings is 3. The molecule has 2 N–H and O–H groups in total. The standard InChI is InChI=1S/C29H25FN8O/c30-20-5-3-18(4-6-20)25-26-23(9-10-32-25)34-29(35-26)28-27-24(36-37-28)8-7-22(33-27)19-15-21(17-31-16-19)39-14-13-38-11-1-2-12-38/h3-10,15-17H,1-2,11-14H2,(H,34,35)(H,36,37). The third-order valence-electron chi connectivity index (χ3n) is 7.03. The molecule has 6 heterocycles. The molecule has 1 saturated heterocycles. The van der Waals surface area contributed by atoms with Gasteiger partial charge in [-0.2, -0.15) is 5.10 Å². The zero-order valence-corrected chi connectivity index (χ0v) is 21.1. The summed E-state index contributed by atoms with van der Waals surface area (Å²) in [5, 5.41) is 7.56. The fourth-order valence-corrected chi connectivity index (χ4v) is 5.03. The second kappa shape index (κ2) is 9.88. The summed E-state index contributed by atoms with van der Waals surface area (Å²) >= 11 is 0. The molecule has 1 aliphatic rings. The normalized spacial score (nSPS) is 14.0. The number of H-pyrrole nitrogens is 2. The smallest absolute Gasteiger partial charge is 0.161 e. The Morgan fingerprint density at radius 3 is 2.59 bits per heavy atom. The summed E-state index contributed by atoms with van der Waals surface area (Å²) in [7, 11) is 0. The van der Waals surface area contributed by atoms with Gasteiger partial charge in [-0.05, 0) is 74.5 Å². The van der Waals surface area contributed by atoms with Crippen molar-refractivity contribution in [1.82, 2.24) is 40.0 Å². The first-order valence-corrected chi connectivity index (χ1v) is 13.0. The van der Waals surface area contributed by atoms with Gasteiger partial charge in [-0.25, -0.2) is 14.4 Å². The minimum absolute atomic E-state index is 0.298. The molecule has 0 atom stereocenters. The molecule has 1 fully saturated rings. The maximum Gasteiger partial charge on any atom is 0.161 e. The van der Waals surface area contributed by atoms with Gasteiger partial charge in [-0.15, -0.1) is 0 Å². The summed E-state index contributed by atoms with van der Waals surface area (Å²) in [6, 6.07) is 13.9. The fraction of sp³-hybridized carbons (Fsp3) is 0.207. The third-order valence-corrected chi connectivity index (χ3v) is 7.03. The Morgan fingerprint density at radius 2 is 1.72 bits per heavy atom. The van der Waals surface area contributed by atoms with Crippen molar-refractivity contribution in [3.05, 3.63) is 72.9 Å². The van der Waals surface area contributed by atoms with E-state index in [4.69, 9.17) is 14.7 Å². The predicted octanol–water partition coefficient (Wildman–Crippen LogP) is 5.24. The van der Waals surface area contributed by atoms with Crippen LogP contribution in [0.2, 0.25) is 0 Å². The molecule has 0 radical (unpaired) electrons. The number of ether oxygens (including phenoxy) is 1. The molecular weight excluding hydrogens is 495 g/mol. The van der Waals surface area contributed by atoms with Crippen LogP contribution in [0.4, 0.5) is 4.39 Å². The molecular formula is C29H25FN8O. The molecule has 1 aromatic carbocycles. The van der Waals surface area contributed by atoms with Gasteiger partial charge in [0.05, 0.1) is 28.6 Å². The summed E-state index contributed by atoms with van der Waals surface area (Å²) < 4.78 is 19.5. The first-order chi connectivity index (χ1) is 19.2. The Kier molecular flexibility index (Phi) is 5.93. The van der Waals surface area contributed by atoms with E-state index >= 15 is 0 Å². The number of benzene rings is 1. The van der Waals surface area contributed by atoms with Gasteiger partial charge >= 0.3 is 0 Å². The van der Waals surface area contributed by atoms with E-state index in [1.807, 2.05) is 24.3 Å². The summed E-state index contributed by atoms with van der Waals surface area (Å²) in [5.41, 5.74) is 6.60. The Bertz CT molecular complexity index is 1770. The number of fused-ring (bicyclic) bond motifs is 2. The lowest BCUT2D eigenvalue weighted by molar-refractivity contribution is 0.237.